The molecule has 1 aromatic carbocycles. The molecule has 1 unspecified atom stereocenters. The predicted octanol–water partition coefficient (Wildman–Crippen LogP) is 3.15. The Labute approximate surface area is 151 Å². The van der Waals surface area contributed by atoms with Crippen molar-refractivity contribution in [3.63, 3.8) is 0 Å². The molecule has 4 rings (SSSR count). The summed E-state index contributed by atoms with van der Waals surface area (Å²) in [6.45, 7) is 6.11. The Kier molecular flexibility index (Phi) is 3.77. The fourth-order valence-corrected chi connectivity index (χ4v) is 3.24. The highest BCUT2D eigenvalue weighted by molar-refractivity contribution is 6.22. The number of fused-ring (bicyclic) bond motifs is 1. The lowest BCUT2D eigenvalue weighted by molar-refractivity contribution is -0.124. The summed E-state index contributed by atoms with van der Waals surface area (Å²) in [6.07, 6.45) is 3.07. The number of ether oxygens (including phenoxy) is 2. The molecule has 2 aliphatic rings. The lowest BCUT2D eigenvalue weighted by Gasteiger charge is -2.17. The maximum absolute atomic E-state index is 12.4. The summed E-state index contributed by atoms with van der Waals surface area (Å²) >= 11 is 0. The Balaban J connectivity index is 1.53. The maximum Gasteiger partial charge on any atom is 0.322 e. The molecule has 7 heteroatoms. The van der Waals surface area contributed by atoms with Crippen molar-refractivity contribution in [3.05, 3.63) is 41.7 Å². The number of imide groups is 1. The van der Waals surface area contributed by atoms with Gasteiger partial charge in [0, 0.05) is 6.42 Å². The molecule has 0 aliphatic carbocycles. The Morgan fingerprint density at radius 2 is 1.96 bits per heavy atom. The zero-order valence-corrected chi connectivity index (χ0v) is 14.9. The Morgan fingerprint density at radius 3 is 2.62 bits per heavy atom. The van der Waals surface area contributed by atoms with Crippen molar-refractivity contribution in [1.29, 1.82) is 0 Å². The van der Waals surface area contributed by atoms with Gasteiger partial charge in [0.1, 0.15) is 5.75 Å². The van der Waals surface area contributed by atoms with E-state index in [-0.39, 0.29) is 30.3 Å². The van der Waals surface area contributed by atoms with E-state index in [0.29, 0.717) is 18.0 Å². The van der Waals surface area contributed by atoms with Gasteiger partial charge in [-0.2, -0.15) is 0 Å². The van der Waals surface area contributed by atoms with Gasteiger partial charge in [0.2, 0.25) is 11.8 Å². The van der Waals surface area contributed by atoms with E-state index in [9.17, 15) is 9.59 Å². The van der Waals surface area contributed by atoms with Gasteiger partial charge in [-0.15, -0.1) is 0 Å². The normalized spacial score (nSPS) is 21.2. The molecule has 26 heavy (non-hydrogen) atoms. The van der Waals surface area contributed by atoms with Crippen LogP contribution in [0.3, 0.4) is 0 Å². The fraction of sp³-hybridized carbons (Fsp3) is 0.368. The van der Waals surface area contributed by atoms with E-state index in [1.807, 2.05) is 25.1 Å². The number of carbonyl (C=O) groups excluding carboxylic acids is 2. The third kappa shape index (κ3) is 2.74. The van der Waals surface area contributed by atoms with Gasteiger partial charge in [-0.05, 0) is 30.2 Å². The van der Waals surface area contributed by atoms with Crippen molar-refractivity contribution >= 4 is 17.5 Å². The summed E-state index contributed by atoms with van der Waals surface area (Å²) < 4.78 is 11.3. The molecular weight excluding hydrogens is 334 g/mol. The number of aromatic nitrogens is 2. The molecule has 2 aliphatic heterocycles. The molecular formula is C19H19N3O4. The second-order valence-corrected chi connectivity index (χ2v) is 7.23. The first-order chi connectivity index (χ1) is 12.3. The number of carbonyl (C=O) groups is 2. The number of rotatable bonds is 3. The second-order valence-electron chi connectivity index (χ2n) is 7.23. The fourth-order valence-electron chi connectivity index (χ4n) is 3.24. The van der Waals surface area contributed by atoms with Gasteiger partial charge in [-0.3, -0.25) is 9.59 Å². The zero-order valence-electron chi connectivity index (χ0n) is 14.9. The molecule has 2 amide bonds. The van der Waals surface area contributed by atoms with Crippen LogP contribution in [-0.2, 0) is 20.9 Å². The van der Waals surface area contributed by atoms with Crippen molar-refractivity contribution < 1.29 is 19.1 Å². The summed E-state index contributed by atoms with van der Waals surface area (Å²) in [5.74, 6) is 0.126. The van der Waals surface area contributed by atoms with E-state index >= 15 is 0 Å². The molecule has 1 atom stereocenters. The van der Waals surface area contributed by atoms with Crippen LogP contribution in [0.15, 0.2) is 30.6 Å². The zero-order chi connectivity index (χ0) is 18.5. The van der Waals surface area contributed by atoms with Gasteiger partial charge in [0.05, 0.1) is 36.2 Å². The van der Waals surface area contributed by atoms with E-state index < -0.39 is 5.41 Å². The molecule has 1 saturated heterocycles. The number of nitrogens with zero attached hydrogens (tertiary/aromatic N) is 3. The van der Waals surface area contributed by atoms with Crippen LogP contribution in [-0.4, -0.2) is 21.8 Å². The number of amides is 2. The predicted molar refractivity (Wildman–Crippen MR) is 92.6 cm³/mol. The molecule has 1 aromatic heterocycles. The second kappa shape index (κ2) is 5.88. The number of hydrogen-bond acceptors (Lipinski definition) is 6. The minimum atomic E-state index is -0.699. The van der Waals surface area contributed by atoms with E-state index in [2.05, 4.69) is 9.97 Å². The van der Waals surface area contributed by atoms with E-state index in [0.717, 1.165) is 16.0 Å². The van der Waals surface area contributed by atoms with Gasteiger partial charge in [0.15, 0.2) is 0 Å². The van der Waals surface area contributed by atoms with Gasteiger partial charge >= 0.3 is 6.01 Å². The third-order valence-electron chi connectivity index (χ3n) is 4.75. The molecule has 0 bridgehead atoms. The smallest absolute Gasteiger partial charge is 0.322 e. The van der Waals surface area contributed by atoms with Crippen molar-refractivity contribution in [2.75, 3.05) is 4.90 Å². The van der Waals surface area contributed by atoms with Crippen LogP contribution < -0.4 is 9.64 Å². The van der Waals surface area contributed by atoms with Gasteiger partial charge in [-0.25, -0.2) is 14.9 Å². The molecule has 0 saturated carbocycles. The minimum Gasteiger partial charge on any atom is -0.424 e. The molecule has 0 N–H and O–H groups in total. The SMILES string of the molecule is CC1OCc2ccc(Oc3ncc(N4C(=O)CC(C)(C)C4=O)cn3)cc21. The van der Waals surface area contributed by atoms with Gasteiger partial charge in [0.25, 0.3) is 0 Å². The van der Waals surface area contributed by atoms with Crippen molar-refractivity contribution in [2.24, 2.45) is 5.41 Å². The lowest BCUT2D eigenvalue weighted by Crippen LogP contribution is -2.33. The topological polar surface area (TPSA) is 81.6 Å². The highest BCUT2D eigenvalue weighted by Crippen LogP contribution is 2.36. The summed E-state index contributed by atoms with van der Waals surface area (Å²) in [4.78, 5) is 33.9. The highest BCUT2D eigenvalue weighted by Gasteiger charge is 2.45. The molecule has 0 radical (unpaired) electrons. The molecule has 1 fully saturated rings. The van der Waals surface area contributed by atoms with Crippen LogP contribution in [0.4, 0.5) is 5.69 Å². The molecule has 3 heterocycles. The minimum absolute atomic E-state index is 0.0346. The Hall–Kier alpha value is -2.80. The first kappa shape index (κ1) is 16.7. The van der Waals surface area contributed by atoms with Crippen LogP contribution in [0.2, 0.25) is 0 Å². The largest absolute Gasteiger partial charge is 0.424 e. The van der Waals surface area contributed by atoms with Crippen LogP contribution in [0.1, 0.15) is 44.4 Å². The van der Waals surface area contributed by atoms with Gasteiger partial charge in [-0.1, -0.05) is 19.9 Å². The van der Waals surface area contributed by atoms with E-state index in [1.165, 1.54) is 12.4 Å². The maximum atomic E-state index is 12.4. The number of hydrogen-bond donors (Lipinski definition) is 0. The summed E-state index contributed by atoms with van der Waals surface area (Å²) in [5.41, 5.74) is 1.90. The summed E-state index contributed by atoms with van der Waals surface area (Å²) in [7, 11) is 0. The van der Waals surface area contributed by atoms with Gasteiger partial charge < -0.3 is 9.47 Å². The summed E-state index contributed by atoms with van der Waals surface area (Å²) in [5, 5.41) is 0. The third-order valence-corrected chi connectivity index (χ3v) is 4.75. The van der Waals surface area contributed by atoms with Crippen molar-refractivity contribution in [2.45, 2.75) is 39.9 Å². The monoisotopic (exact) mass is 353 g/mol. The van der Waals surface area contributed by atoms with Crippen LogP contribution in [0, 0.1) is 5.41 Å². The average molecular weight is 353 g/mol. The quantitative estimate of drug-likeness (QED) is 0.789. The van der Waals surface area contributed by atoms with E-state index in [4.69, 9.17) is 9.47 Å². The number of benzene rings is 1. The van der Waals surface area contributed by atoms with E-state index in [1.54, 1.807) is 13.8 Å². The van der Waals surface area contributed by atoms with Crippen LogP contribution in [0.5, 0.6) is 11.8 Å². The Morgan fingerprint density at radius 1 is 1.23 bits per heavy atom. The lowest BCUT2D eigenvalue weighted by atomic mass is 9.92. The number of anilines is 1. The highest BCUT2D eigenvalue weighted by atomic mass is 16.5. The first-order valence-electron chi connectivity index (χ1n) is 8.47. The molecule has 134 valence electrons. The Bertz CT molecular complexity index is 892. The van der Waals surface area contributed by atoms with Crippen LogP contribution in [0.25, 0.3) is 0 Å². The standard InChI is InChI=1S/C19H19N3O4/c1-11-15-6-14(5-4-12(15)10-25-11)26-18-20-8-13(9-21-18)22-16(23)7-19(2,3)17(22)24/h4-6,8-9,11H,7,10H2,1-3H3. The average Bonchev–Trinajstić information content (AvgIpc) is 3.06. The van der Waals surface area contributed by atoms with Crippen LogP contribution >= 0.6 is 0 Å². The molecule has 2 aromatic rings. The van der Waals surface area contributed by atoms with Crippen molar-refractivity contribution in [3.8, 4) is 11.8 Å². The molecule has 0 spiro atoms. The molecule has 7 nitrogen and oxygen atoms in total. The summed E-state index contributed by atoms with van der Waals surface area (Å²) in [6, 6.07) is 5.87. The first-order valence-corrected chi connectivity index (χ1v) is 8.47. The van der Waals surface area contributed by atoms with Crippen molar-refractivity contribution in [1.82, 2.24) is 9.97 Å².